The Morgan fingerprint density at radius 2 is 1.48 bits per heavy atom. The standard InChI is InChI=1S/C22H27NO2/c1-17(2)22(20-13-14-21(24)25-20)23(15-18-9-5-3-6-10-18)16-19-11-7-4-8-12-19/h3-12,17,20,22H,13-16H2,1-2H3/t20-,22+/m1/s1. The zero-order valence-electron chi connectivity index (χ0n) is 15.1. The number of carbonyl (C=O) groups excluding carboxylic acids is 1. The Bertz CT molecular complexity index is 627. The highest BCUT2D eigenvalue weighted by Gasteiger charge is 2.36. The van der Waals surface area contributed by atoms with Crippen LogP contribution in [0.2, 0.25) is 0 Å². The lowest BCUT2D eigenvalue weighted by Crippen LogP contribution is -2.46. The van der Waals surface area contributed by atoms with E-state index >= 15 is 0 Å². The van der Waals surface area contributed by atoms with Crippen molar-refractivity contribution in [3.05, 3.63) is 71.8 Å². The minimum atomic E-state index is -0.0602. The van der Waals surface area contributed by atoms with Crippen LogP contribution in [0.15, 0.2) is 60.7 Å². The van der Waals surface area contributed by atoms with Gasteiger partial charge in [0.05, 0.1) is 0 Å². The van der Waals surface area contributed by atoms with Gasteiger partial charge in [0.1, 0.15) is 6.10 Å². The number of ether oxygens (including phenoxy) is 1. The van der Waals surface area contributed by atoms with Crippen LogP contribution < -0.4 is 0 Å². The molecular weight excluding hydrogens is 310 g/mol. The normalized spacial score (nSPS) is 18.6. The fraction of sp³-hybridized carbons (Fsp3) is 0.409. The summed E-state index contributed by atoms with van der Waals surface area (Å²) in [4.78, 5) is 14.1. The van der Waals surface area contributed by atoms with Gasteiger partial charge in [0, 0.05) is 25.6 Å². The van der Waals surface area contributed by atoms with Crippen molar-refractivity contribution in [3.63, 3.8) is 0 Å². The summed E-state index contributed by atoms with van der Waals surface area (Å²) in [6.45, 7) is 6.15. The Hall–Kier alpha value is -2.13. The largest absolute Gasteiger partial charge is 0.461 e. The van der Waals surface area contributed by atoms with Crippen molar-refractivity contribution in [1.29, 1.82) is 0 Å². The molecule has 3 heteroatoms. The molecular formula is C22H27NO2. The molecule has 0 saturated carbocycles. The first-order valence-electron chi connectivity index (χ1n) is 9.15. The summed E-state index contributed by atoms with van der Waals surface area (Å²) in [5.41, 5.74) is 2.57. The molecule has 0 radical (unpaired) electrons. The lowest BCUT2D eigenvalue weighted by atomic mass is 9.93. The van der Waals surface area contributed by atoms with Crippen molar-refractivity contribution in [2.75, 3.05) is 0 Å². The number of rotatable bonds is 7. The first-order chi connectivity index (χ1) is 12.1. The number of hydrogen-bond donors (Lipinski definition) is 0. The van der Waals surface area contributed by atoms with Gasteiger partial charge in [-0.15, -0.1) is 0 Å². The minimum Gasteiger partial charge on any atom is -0.461 e. The van der Waals surface area contributed by atoms with Gasteiger partial charge in [-0.2, -0.15) is 0 Å². The van der Waals surface area contributed by atoms with E-state index < -0.39 is 0 Å². The van der Waals surface area contributed by atoms with Gasteiger partial charge in [-0.3, -0.25) is 9.69 Å². The average molecular weight is 337 g/mol. The summed E-state index contributed by atoms with van der Waals surface area (Å²) >= 11 is 0. The fourth-order valence-corrected chi connectivity index (χ4v) is 3.78. The maximum absolute atomic E-state index is 11.7. The second-order valence-electron chi connectivity index (χ2n) is 7.18. The molecule has 1 fully saturated rings. The van der Waals surface area contributed by atoms with Gasteiger partial charge in [-0.1, -0.05) is 74.5 Å². The van der Waals surface area contributed by atoms with Crippen LogP contribution in [0.25, 0.3) is 0 Å². The second kappa shape index (κ2) is 8.30. The Balaban J connectivity index is 1.85. The van der Waals surface area contributed by atoms with E-state index in [4.69, 9.17) is 4.74 Å². The monoisotopic (exact) mass is 337 g/mol. The highest BCUT2D eigenvalue weighted by atomic mass is 16.6. The Kier molecular flexibility index (Phi) is 5.87. The number of hydrogen-bond acceptors (Lipinski definition) is 3. The van der Waals surface area contributed by atoms with Crippen molar-refractivity contribution in [1.82, 2.24) is 4.90 Å². The van der Waals surface area contributed by atoms with Crippen molar-refractivity contribution >= 4 is 5.97 Å². The summed E-state index contributed by atoms with van der Waals surface area (Å²) in [7, 11) is 0. The Morgan fingerprint density at radius 1 is 0.960 bits per heavy atom. The van der Waals surface area contributed by atoms with Gasteiger partial charge in [0.25, 0.3) is 0 Å². The smallest absolute Gasteiger partial charge is 0.306 e. The van der Waals surface area contributed by atoms with E-state index in [1.54, 1.807) is 0 Å². The fourth-order valence-electron chi connectivity index (χ4n) is 3.78. The summed E-state index contributed by atoms with van der Waals surface area (Å²) in [6, 6.07) is 21.3. The number of carbonyl (C=O) groups is 1. The quantitative estimate of drug-likeness (QED) is 0.701. The van der Waals surface area contributed by atoms with E-state index in [1.807, 2.05) is 12.1 Å². The molecule has 0 aliphatic carbocycles. The molecule has 1 saturated heterocycles. The van der Waals surface area contributed by atoms with Crippen LogP contribution in [0, 0.1) is 5.92 Å². The molecule has 0 unspecified atom stereocenters. The van der Waals surface area contributed by atoms with Crippen LogP contribution in [0.3, 0.4) is 0 Å². The topological polar surface area (TPSA) is 29.5 Å². The van der Waals surface area contributed by atoms with E-state index in [1.165, 1.54) is 11.1 Å². The summed E-state index contributed by atoms with van der Waals surface area (Å²) in [6.07, 6.45) is 1.35. The van der Waals surface area contributed by atoms with E-state index in [0.29, 0.717) is 12.3 Å². The summed E-state index contributed by atoms with van der Waals surface area (Å²) < 4.78 is 5.66. The van der Waals surface area contributed by atoms with Gasteiger partial charge in [0.15, 0.2) is 0 Å². The zero-order valence-corrected chi connectivity index (χ0v) is 15.1. The van der Waals surface area contributed by atoms with Crippen LogP contribution in [-0.4, -0.2) is 23.0 Å². The third-order valence-electron chi connectivity index (χ3n) is 4.86. The molecule has 0 spiro atoms. The molecule has 2 aromatic rings. The molecule has 2 atom stereocenters. The molecule has 2 aromatic carbocycles. The third kappa shape index (κ3) is 4.70. The lowest BCUT2D eigenvalue weighted by molar-refractivity contribution is -0.144. The Labute approximate surface area is 150 Å². The average Bonchev–Trinajstić information content (AvgIpc) is 3.02. The lowest BCUT2D eigenvalue weighted by Gasteiger charge is -2.37. The van der Waals surface area contributed by atoms with Crippen molar-refractivity contribution in [2.24, 2.45) is 5.92 Å². The molecule has 0 bridgehead atoms. The molecule has 0 amide bonds. The molecule has 3 nitrogen and oxygen atoms in total. The van der Waals surface area contributed by atoms with E-state index in [9.17, 15) is 4.79 Å². The van der Waals surface area contributed by atoms with Crippen LogP contribution >= 0.6 is 0 Å². The van der Waals surface area contributed by atoms with Gasteiger partial charge in [-0.25, -0.2) is 0 Å². The molecule has 1 aliphatic rings. The summed E-state index contributed by atoms with van der Waals surface area (Å²) in [5, 5.41) is 0. The van der Waals surface area contributed by atoms with Gasteiger partial charge >= 0.3 is 5.97 Å². The molecule has 0 aromatic heterocycles. The van der Waals surface area contributed by atoms with Crippen LogP contribution in [0.4, 0.5) is 0 Å². The molecule has 1 aliphatic heterocycles. The van der Waals surface area contributed by atoms with Gasteiger partial charge in [-0.05, 0) is 23.5 Å². The predicted molar refractivity (Wildman–Crippen MR) is 99.9 cm³/mol. The molecule has 3 rings (SSSR count). The van der Waals surface area contributed by atoms with E-state index in [0.717, 1.165) is 19.5 Å². The maximum atomic E-state index is 11.7. The van der Waals surface area contributed by atoms with E-state index in [2.05, 4.69) is 67.3 Å². The SMILES string of the molecule is CC(C)[C@@H]([C@H]1CCC(=O)O1)N(Cc1ccccc1)Cc1ccccc1. The van der Waals surface area contributed by atoms with E-state index in [-0.39, 0.29) is 18.1 Å². The maximum Gasteiger partial charge on any atom is 0.306 e. The third-order valence-corrected chi connectivity index (χ3v) is 4.86. The second-order valence-corrected chi connectivity index (χ2v) is 7.18. The number of nitrogens with zero attached hydrogens (tertiary/aromatic N) is 1. The highest BCUT2D eigenvalue weighted by Crippen LogP contribution is 2.28. The first kappa shape index (κ1) is 17.7. The van der Waals surface area contributed by atoms with Crippen LogP contribution in [0.5, 0.6) is 0 Å². The van der Waals surface area contributed by atoms with Gasteiger partial charge < -0.3 is 4.74 Å². The van der Waals surface area contributed by atoms with Crippen molar-refractivity contribution in [3.8, 4) is 0 Å². The van der Waals surface area contributed by atoms with Crippen molar-refractivity contribution < 1.29 is 9.53 Å². The number of cyclic esters (lactones) is 1. The highest BCUT2D eigenvalue weighted by molar-refractivity contribution is 5.71. The zero-order chi connectivity index (χ0) is 17.6. The molecule has 1 heterocycles. The van der Waals surface area contributed by atoms with Crippen LogP contribution in [0.1, 0.15) is 37.8 Å². The van der Waals surface area contributed by atoms with Crippen LogP contribution in [-0.2, 0) is 22.6 Å². The predicted octanol–water partition coefficient (Wildman–Crippen LogP) is 4.42. The summed E-state index contributed by atoms with van der Waals surface area (Å²) in [5.74, 6) is 0.346. The minimum absolute atomic E-state index is 0.0140. The molecule has 132 valence electrons. The first-order valence-corrected chi connectivity index (χ1v) is 9.15. The molecule has 25 heavy (non-hydrogen) atoms. The van der Waals surface area contributed by atoms with Gasteiger partial charge in [0.2, 0.25) is 0 Å². The Morgan fingerprint density at radius 3 is 1.88 bits per heavy atom. The molecule has 0 N–H and O–H groups in total. The number of esters is 1. The van der Waals surface area contributed by atoms with Crippen molar-refractivity contribution in [2.45, 2.75) is 51.9 Å². The number of benzene rings is 2.